The first-order valence-corrected chi connectivity index (χ1v) is 8.39. The summed E-state index contributed by atoms with van der Waals surface area (Å²) in [6.45, 7) is 3.94. The van der Waals surface area contributed by atoms with Gasteiger partial charge in [0.25, 0.3) is 0 Å². The van der Waals surface area contributed by atoms with Crippen LogP contribution in [-0.2, 0) is 6.42 Å². The van der Waals surface area contributed by atoms with Gasteiger partial charge in [0, 0.05) is 13.1 Å². The SMILES string of the molecule is Cc1ccc(CCC2CCN(c3ncc([N+](=O)[O-])cn3)CC2)cc1. The lowest BCUT2D eigenvalue weighted by Crippen LogP contribution is -2.35. The zero-order chi connectivity index (χ0) is 16.9. The van der Waals surface area contributed by atoms with Crippen molar-refractivity contribution < 1.29 is 4.92 Å². The van der Waals surface area contributed by atoms with E-state index in [4.69, 9.17) is 0 Å². The van der Waals surface area contributed by atoms with Crippen molar-refractivity contribution in [1.29, 1.82) is 0 Å². The van der Waals surface area contributed by atoms with E-state index in [1.165, 1.54) is 29.9 Å². The molecular weight excluding hydrogens is 304 g/mol. The normalized spacial score (nSPS) is 15.5. The summed E-state index contributed by atoms with van der Waals surface area (Å²) < 4.78 is 0. The second kappa shape index (κ2) is 7.38. The van der Waals surface area contributed by atoms with E-state index in [1.807, 2.05) is 0 Å². The molecule has 0 radical (unpaired) electrons. The number of anilines is 1. The molecule has 0 saturated carbocycles. The van der Waals surface area contributed by atoms with Crippen LogP contribution in [0.4, 0.5) is 11.6 Å². The summed E-state index contributed by atoms with van der Waals surface area (Å²) in [5.74, 6) is 1.32. The van der Waals surface area contributed by atoms with Gasteiger partial charge in [0.05, 0.1) is 4.92 Å². The van der Waals surface area contributed by atoms with Crippen LogP contribution in [0.2, 0.25) is 0 Å². The van der Waals surface area contributed by atoms with Gasteiger partial charge in [-0.3, -0.25) is 10.1 Å². The predicted octanol–water partition coefficient (Wildman–Crippen LogP) is 3.54. The lowest BCUT2D eigenvalue weighted by molar-refractivity contribution is -0.385. The summed E-state index contributed by atoms with van der Waals surface area (Å²) in [6.07, 6.45) is 7.13. The molecule has 1 aliphatic rings. The Labute approximate surface area is 141 Å². The van der Waals surface area contributed by atoms with Crippen LogP contribution in [-0.4, -0.2) is 28.0 Å². The van der Waals surface area contributed by atoms with Gasteiger partial charge in [-0.15, -0.1) is 0 Å². The summed E-state index contributed by atoms with van der Waals surface area (Å²) >= 11 is 0. The number of hydrogen-bond acceptors (Lipinski definition) is 5. The zero-order valence-corrected chi connectivity index (χ0v) is 13.9. The minimum absolute atomic E-state index is 0.0632. The molecule has 1 saturated heterocycles. The van der Waals surface area contributed by atoms with Gasteiger partial charge in [-0.1, -0.05) is 29.8 Å². The third-order valence-corrected chi connectivity index (χ3v) is 4.69. The van der Waals surface area contributed by atoms with Crippen molar-refractivity contribution in [3.05, 3.63) is 57.9 Å². The quantitative estimate of drug-likeness (QED) is 0.621. The first-order chi connectivity index (χ1) is 11.6. The molecule has 24 heavy (non-hydrogen) atoms. The second-order valence-corrected chi connectivity index (χ2v) is 6.45. The Morgan fingerprint density at radius 2 is 1.79 bits per heavy atom. The van der Waals surface area contributed by atoms with Crippen molar-refractivity contribution in [2.45, 2.75) is 32.6 Å². The minimum Gasteiger partial charge on any atom is -0.341 e. The molecule has 0 spiro atoms. The van der Waals surface area contributed by atoms with Crippen LogP contribution < -0.4 is 4.90 Å². The van der Waals surface area contributed by atoms with Crippen molar-refractivity contribution in [3.63, 3.8) is 0 Å². The molecule has 6 heteroatoms. The van der Waals surface area contributed by atoms with E-state index >= 15 is 0 Å². The molecule has 6 nitrogen and oxygen atoms in total. The van der Waals surface area contributed by atoms with Gasteiger partial charge < -0.3 is 4.90 Å². The Balaban J connectivity index is 1.48. The highest BCUT2D eigenvalue weighted by Gasteiger charge is 2.21. The monoisotopic (exact) mass is 326 g/mol. The number of hydrogen-bond donors (Lipinski definition) is 0. The highest BCUT2D eigenvalue weighted by molar-refractivity contribution is 5.34. The van der Waals surface area contributed by atoms with Gasteiger partial charge in [-0.25, -0.2) is 9.97 Å². The number of nitro groups is 1. The number of rotatable bonds is 5. The smallest absolute Gasteiger partial charge is 0.305 e. The average Bonchev–Trinajstić information content (AvgIpc) is 2.62. The number of piperidine rings is 1. The van der Waals surface area contributed by atoms with Crippen molar-refractivity contribution in [2.75, 3.05) is 18.0 Å². The first-order valence-electron chi connectivity index (χ1n) is 8.39. The fraction of sp³-hybridized carbons (Fsp3) is 0.444. The molecular formula is C18H22N4O2. The molecule has 0 amide bonds. The van der Waals surface area contributed by atoms with Gasteiger partial charge in [-0.2, -0.15) is 0 Å². The lowest BCUT2D eigenvalue weighted by Gasteiger charge is -2.31. The first kappa shape index (κ1) is 16.4. The third kappa shape index (κ3) is 4.07. The fourth-order valence-electron chi connectivity index (χ4n) is 3.12. The van der Waals surface area contributed by atoms with Crippen molar-refractivity contribution in [3.8, 4) is 0 Å². The zero-order valence-electron chi connectivity index (χ0n) is 13.9. The molecule has 1 aromatic carbocycles. The summed E-state index contributed by atoms with van der Waals surface area (Å²) in [4.78, 5) is 20.5. The maximum Gasteiger partial charge on any atom is 0.305 e. The van der Waals surface area contributed by atoms with Crippen molar-refractivity contribution >= 4 is 11.6 Å². The summed E-state index contributed by atoms with van der Waals surface area (Å²) in [5.41, 5.74) is 2.64. The lowest BCUT2D eigenvalue weighted by atomic mass is 9.90. The molecule has 126 valence electrons. The molecule has 3 rings (SSSR count). The maximum absolute atomic E-state index is 10.7. The van der Waals surface area contributed by atoms with Crippen molar-refractivity contribution in [2.24, 2.45) is 5.92 Å². The van der Waals surface area contributed by atoms with E-state index < -0.39 is 4.92 Å². The maximum atomic E-state index is 10.7. The van der Waals surface area contributed by atoms with E-state index in [9.17, 15) is 10.1 Å². The standard InChI is InChI=1S/C18H22N4O2/c1-14-2-4-15(5-3-14)6-7-16-8-10-21(11-9-16)18-19-12-17(13-20-18)22(23)24/h2-5,12-13,16H,6-11H2,1H3. The summed E-state index contributed by atoms with van der Waals surface area (Å²) in [5, 5.41) is 10.7. The average molecular weight is 326 g/mol. The predicted molar refractivity (Wildman–Crippen MR) is 93.1 cm³/mol. The van der Waals surface area contributed by atoms with Crippen molar-refractivity contribution in [1.82, 2.24) is 9.97 Å². The van der Waals surface area contributed by atoms with Crippen LogP contribution in [0, 0.1) is 23.0 Å². The summed E-state index contributed by atoms with van der Waals surface area (Å²) in [7, 11) is 0. The third-order valence-electron chi connectivity index (χ3n) is 4.69. The van der Waals surface area contributed by atoms with Gasteiger partial charge >= 0.3 is 5.69 Å². The number of benzene rings is 1. The van der Waals surface area contributed by atoms with E-state index in [-0.39, 0.29) is 5.69 Å². The van der Waals surface area contributed by atoms with Gasteiger partial charge in [0.2, 0.25) is 5.95 Å². The number of aryl methyl sites for hydroxylation is 2. The Hall–Kier alpha value is -2.50. The van der Waals surface area contributed by atoms with E-state index in [0.717, 1.165) is 38.3 Å². The topological polar surface area (TPSA) is 72.2 Å². The Morgan fingerprint density at radius 1 is 1.17 bits per heavy atom. The van der Waals surface area contributed by atoms with Crippen LogP contribution in [0.25, 0.3) is 0 Å². The van der Waals surface area contributed by atoms with Gasteiger partial charge in [0.1, 0.15) is 12.4 Å². The van der Waals surface area contributed by atoms with Crippen LogP contribution in [0.15, 0.2) is 36.7 Å². The Bertz CT molecular complexity index is 677. The molecule has 1 aromatic heterocycles. The number of aromatic nitrogens is 2. The largest absolute Gasteiger partial charge is 0.341 e. The van der Waals surface area contributed by atoms with E-state index in [2.05, 4.69) is 46.1 Å². The van der Waals surface area contributed by atoms with Crippen LogP contribution in [0.1, 0.15) is 30.4 Å². The molecule has 2 aromatic rings. The Kier molecular flexibility index (Phi) is 5.03. The van der Waals surface area contributed by atoms with Gasteiger partial charge in [0.15, 0.2) is 0 Å². The molecule has 1 aliphatic heterocycles. The number of nitrogens with zero attached hydrogens (tertiary/aromatic N) is 4. The molecule has 0 unspecified atom stereocenters. The second-order valence-electron chi connectivity index (χ2n) is 6.45. The fourth-order valence-corrected chi connectivity index (χ4v) is 3.12. The van der Waals surface area contributed by atoms with Crippen LogP contribution in [0.5, 0.6) is 0 Å². The molecule has 0 atom stereocenters. The van der Waals surface area contributed by atoms with Gasteiger partial charge in [-0.05, 0) is 44.1 Å². The minimum atomic E-state index is -0.471. The van der Waals surface area contributed by atoms with E-state index in [0.29, 0.717) is 5.95 Å². The highest BCUT2D eigenvalue weighted by Crippen LogP contribution is 2.25. The molecule has 2 heterocycles. The van der Waals surface area contributed by atoms with E-state index in [1.54, 1.807) is 0 Å². The van der Waals surface area contributed by atoms with Crippen LogP contribution >= 0.6 is 0 Å². The Morgan fingerprint density at radius 3 is 2.38 bits per heavy atom. The molecule has 1 fully saturated rings. The highest BCUT2D eigenvalue weighted by atomic mass is 16.6. The molecule has 0 bridgehead atoms. The van der Waals surface area contributed by atoms with Crippen LogP contribution in [0.3, 0.4) is 0 Å². The molecule has 0 aliphatic carbocycles. The molecule has 0 N–H and O–H groups in total. The summed E-state index contributed by atoms with van der Waals surface area (Å²) in [6, 6.07) is 8.78.